The van der Waals surface area contributed by atoms with Gasteiger partial charge < -0.3 is 5.32 Å². The maximum atomic E-state index is 13.9. The Labute approximate surface area is 126 Å². The van der Waals surface area contributed by atoms with Gasteiger partial charge in [0.25, 0.3) is 15.0 Å². The smallest absolute Gasteiger partial charge is 0.264 e. The first-order valence-electron chi connectivity index (χ1n) is 6.50. The zero-order valence-electron chi connectivity index (χ0n) is 11.5. The molecule has 0 heterocycles. The summed E-state index contributed by atoms with van der Waals surface area (Å²) in [5.74, 6) is -3.61. The number of hydrogen-bond acceptors (Lipinski definition) is 3. The van der Waals surface area contributed by atoms with Gasteiger partial charge in [-0.05, 0) is 18.6 Å². The zero-order valence-corrected chi connectivity index (χ0v) is 13.0. The molecule has 0 aliphatic carbocycles. The van der Waals surface area contributed by atoms with Crippen molar-refractivity contribution in [1.29, 1.82) is 0 Å². The van der Waals surface area contributed by atoms with E-state index in [-0.39, 0.29) is 6.54 Å². The van der Waals surface area contributed by atoms with E-state index in [1.165, 1.54) is 0 Å². The molecule has 1 rings (SSSR count). The van der Waals surface area contributed by atoms with Gasteiger partial charge in [0.2, 0.25) is 0 Å². The third kappa shape index (κ3) is 4.93. The quantitative estimate of drug-likeness (QED) is 0.613. The summed E-state index contributed by atoms with van der Waals surface area (Å²) in [6.45, 7) is 2.29. The van der Waals surface area contributed by atoms with Crippen LogP contribution in [0.1, 0.15) is 43.0 Å². The molecule has 1 aromatic rings. The fourth-order valence-corrected chi connectivity index (χ4v) is 2.68. The molecule has 1 N–H and O–H groups in total. The van der Waals surface area contributed by atoms with Crippen LogP contribution < -0.4 is 5.32 Å². The molecule has 118 valence electrons. The van der Waals surface area contributed by atoms with Crippen LogP contribution in [0.25, 0.3) is 0 Å². The van der Waals surface area contributed by atoms with Crippen molar-refractivity contribution in [2.45, 2.75) is 37.5 Å². The van der Waals surface area contributed by atoms with E-state index in [1.807, 2.05) is 6.92 Å². The molecule has 0 radical (unpaired) electrons. The first-order chi connectivity index (χ1) is 9.79. The first kappa shape index (κ1) is 17.8. The Morgan fingerprint density at radius 2 is 1.90 bits per heavy atom. The van der Waals surface area contributed by atoms with Crippen molar-refractivity contribution in [3.8, 4) is 0 Å². The standard InChI is InChI=1S/C13H16ClF2NO3S/c1-2-3-4-5-8-17-13(18)11-9(15)6-7-10(12(11)16)21(14,19)20/h6-7H,2-5,8H2,1H3,(H,17,18). The number of halogens is 3. The molecule has 0 saturated heterocycles. The van der Waals surface area contributed by atoms with Gasteiger partial charge in [0.15, 0.2) is 5.82 Å². The topological polar surface area (TPSA) is 63.2 Å². The Balaban J connectivity index is 2.89. The number of amides is 1. The van der Waals surface area contributed by atoms with Gasteiger partial charge in [-0.1, -0.05) is 26.2 Å². The molecule has 0 bridgehead atoms. The Kier molecular flexibility index (Phi) is 6.54. The van der Waals surface area contributed by atoms with E-state index in [9.17, 15) is 22.0 Å². The van der Waals surface area contributed by atoms with Gasteiger partial charge in [-0.25, -0.2) is 17.2 Å². The van der Waals surface area contributed by atoms with Crippen LogP contribution in [0.3, 0.4) is 0 Å². The fraction of sp³-hybridized carbons (Fsp3) is 0.462. The third-order valence-corrected chi connectivity index (χ3v) is 4.20. The lowest BCUT2D eigenvalue weighted by Crippen LogP contribution is -2.27. The number of carbonyl (C=O) groups excluding carboxylic acids is 1. The van der Waals surface area contributed by atoms with Crippen LogP contribution in [0.15, 0.2) is 17.0 Å². The van der Waals surface area contributed by atoms with E-state index >= 15 is 0 Å². The average Bonchev–Trinajstić information content (AvgIpc) is 2.37. The minimum absolute atomic E-state index is 0.259. The fourth-order valence-electron chi connectivity index (χ4n) is 1.77. The summed E-state index contributed by atoms with van der Waals surface area (Å²) in [7, 11) is 0.644. The van der Waals surface area contributed by atoms with Gasteiger partial charge in [-0.15, -0.1) is 0 Å². The first-order valence-corrected chi connectivity index (χ1v) is 8.80. The molecular formula is C13H16ClF2NO3S. The van der Waals surface area contributed by atoms with Crippen LogP contribution in [0.5, 0.6) is 0 Å². The van der Waals surface area contributed by atoms with Gasteiger partial charge >= 0.3 is 0 Å². The van der Waals surface area contributed by atoms with E-state index in [1.54, 1.807) is 0 Å². The second-order valence-electron chi connectivity index (χ2n) is 4.49. The van der Waals surface area contributed by atoms with Gasteiger partial charge in [0, 0.05) is 17.2 Å². The molecule has 0 saturated carbocycles. The highest BCUT2D eigenvalue weighted by Crippen LogP contribution is 2.23. The van der Waals surface area contributed by atoms with E-state index in [2.05, 4.69) is 5.32 Å². The molecule has 1 amide bonds. The highest BCUT2D eigenvalue weighted by Gasteiger charge is 2.25. The third-order valence-electron chi connectivity index (χ3n) is 2.86. The Morgan fingerprint density at radius 1 is 1.24 bits per heavy atom. The summed E-state index contributed by atoms with van der Waals surface area (Å²) in [5.41, 5.74) is -0.938. The van der Waals surface area contributed by atoms with Gasteiger partial charge in [0.05, 0.1) is 0 Å². The molecule has 0 aliphatic rings. The van der Waals surface area contributed by atoms with Crippen molar-refractivity contribution >= 4 is 25.6 Å². The van der Waals surface area contributed by atoms with Crippen LogP contribution in [-0.4, -0.2) is 20.9 Å². The summed E-state index contributed by atoms with van der Waals surface area (Å²) in [6.07, 6.45) is 3.58. The largest absolute Gasteiger partial charge is 0.352 e. The number of nitrogens with one attached hydrogen (secondary N) is 1. The Hall–Kier alpha value is -1.21. The van der Waals surface area contributed by atoms with Gasteiger partial charge in [0.1, 0.15) is 16.3 Å². The average molecular weight is 340 g/mol. The molecule has 21 heavy (non-hydrogen) atoms. The second-order valence-corrected chi connectivity index (χ2v) is 7.02. The molecule has 0 aromatic heterocycles. The van der Waals surface area contributed by atoms with E-state index < -0.39 is 37.1 Å². The van der Waals surface area contributed by atoms with Crippen molar-refractivity contribution in [2.24, 2.45) is 0 Å². The lowest BCUT2D eigenvalue weighted by Gasteiger charge is -2.09. The minimum atomic E-state index is -4.39. The van der Waals surface area contributed by atoms with Crippen molar-refractivity contribution in [3.05, 3.63) is 29.3 Å². The summed E-state index contributed by atoms with van der Waals surface area (Å²) < 4.78 is 49.8. The zero-order chi connectivity index (χ0) is 16.0. The normalized spacial score (nSPS) is 11.4. The number of hydrogen-bond donors (Lipinski definition) is 1. The monoisotopic (exact) mass is 339 g/mol. The molecule has 0 unspecified atom stereocenters. The highest BCUT2D eigenvalue weighted by molar-refractivity contribution is 8.13. The van der Waals surface area contributed by atoms with Crippen molar-refractivity contribution in [1.82, 2.24) is 5.32 Å². The molecule has 0 atom stereocenters. The molecule has 0 aliphatic heterocycles. The SMILES string of the molecule is CCCCCCNC(=O)c1c(F)ccc(S(=O)(=O)Cl)c1F. The van der Waals surface area contributed by atoms with Crippen LogP contribution in [0.2, 0.25) is 0 Å². The summed E-state index contributed by atoms with van der Waals surface area (Å²) in [6, 6.07) is 1.38. The van der Waals surface area contributed by atoms with Crippen molar-refractivity contribution < 1.29 is 22.0 Å². The molecule has 0 spiro atoms. The van der Waals surface area contributed by atoms with Gasteiger partial charge in [-0.3, -0.25) is 4.79 Å². The number of carbonyl (C=O) groups is 1. The molecular weight excluding hydrogens is 324 g/mol. The van der Waals surface area contributed by atoms with Crippen LogP contribution in [-0.2, 0) is 9.05 Å². The predicted molar refractivity (Wildman–Crippen MR) is 75.9 cm³/mol. The lowest BCUT2D eigenvalue weighted by molar-refractivity contribution is 0.0944. The van der Waals surface area contributed by atoms with Gasteiger partial charge in [-0.2, -0.15) is 0 Å². The Morgan fingerprint density at radius 3 is 2.48 bits per heavy atom. The molecule has 4 nitrogen and oxygen atoms in total. The number of rotatable bonds is 7. The summed E-state index contributed by atoms with van der Waals surface area (Å²) >= 11 is 0. The van der Waals surface area contributed by atoms with Crippen LogP contribution in [0, 0.1) is 11.6 Å². The van der Waals surface area contributed by atoms with E-state index in [0.29, 0.717) is 18.6 Å². The molecule has 0 fully saturated rings. The predicted octanol–water partition coefficient (Wildman–Crippen LogP) is 3.20. The number of unbranched alkanes of at least 4 members (excludes halogenated alkanes) is 3. The number of benzene rings is 1. The minimum Gasteiger partial charge on any atom is -0.352 e. The second kappa shape index (κ2) is 7.70. The summed E-state index contributed by atoms with van der Waals surface area (Å²) in [4.78, 5) is 10.9. The Bertz CT molecular complexity index is 620. The maximum absolute atomic E-state index is 13.9. The maximum Gasteiger partial charge on any atom is 0.264 e. The summed E-state index contributed by atoms with van der Waals surface area (Å²) in [5, 5.41) is 2.36. The molecule has 8 heteroatoms. The molecule has 1 aromatic carbocycles. The highest BCUT2D eigenvalue weighted by atomic mass is 35.7. The van der Waals surface area contributed by atoms with Crippen LogP contribution >= 0.6 is 10.7 Å². The van der Waals surface area contributed by atoms with Crippen LogP contribution in [0.4, 0.5) is 8.78 Å². The van der Waals surface area contributed by atoms with Crippen molar-refractivity contribution in [3.63, 3.8) is 0 Å². The lowest BCUT2D eigenvalue weighted by atomic mass is 10.1. The van der Waals surface area contributed by atoms with E-state index in [0.717, 1.165) is 19.3 Å². The van der Waals surface area contributed by atoms with Crippen molar-refractivity contribution in [2.75, 3.05) is 6.54 Å². The van der Waals surface area contributed by atoms with E-state index in [4.69, 9.17) is 10.7 Å².